The van der Waals surface area contributed by atoms with Crippen molar-refractivity contribution in [2.24, 2.45) is 0 Å². The van der Waals surface area contributed by atoms with E-state index in [1.165, 1.54) is 18.3 Å². The Morgan fingerprint density at radius 2 is 1.77 bits per heavy atom. The molecule has 2 N–H and O–H groups in total. The lowest BCUT2D eigenvalue weighted by atomic mass is 10.1. The number of halogens is 2. The molecule has 0 atom stereocenters. The Morgan fingerprint density at radius 3 is 2.50 bits per heavy atom. The van der Waals surface area contributed by atoms with E-state index in [0.717, 1.165) is 24.1 Å². The van der Waals surface area contributed by atoms with Crippen LogP contribution in [0, 0.1) is 11.6 Å². The fourth-order valence-electron chi connectivity index (χ4n) is 2.41. The zero-order valence-corrected chi connectivity index (χ0v) is 14.0. The Balaban J connectivity index is 1.82. The van der Waals surface area contributed by atoms with Crippen LogP contribution in [0.2, 0.25) is 0 Å². The van der Waals surface area contributed by atoms with Gasteiger partial charge in [0.25, 0.3) is 5.91 Å². The van der Waals surface area contributed by atoms with Crippen LogP contribution in [-0.2, 0) is 6.42 Å². The predicted molar refractivity (Wildman–Crippen MR) is 95.4 cm³/mol. The molecular weight excluding hydrogens is 338 g/mol. The number of carbonyl (C=O) groups excluding carboxylic acids is 1. The van der Waals surface area contributed by atoms with E-state index in [4.69, 9.17) is 0 Å². The van der Waals surface area contributed by atoms with E-state index < -0.39 is 17.5 Å². The maximum absolute atomic E-state index is 13.7. The van der Waals surface area contributed by atoms with E-state index in [9.17, 15) is 13.6 Å². The Bertz CT molecular complexity index is 926. The molecule has 1 amide bonds. The van der Waals surface area contributed by atoms with Crippen LogP contribution < -0.4 is 10.6 Å². The molecule has 2 aromatic carbocycles. The highest BCUT2D eigenvalue weighted by Crippen LogP contribution is 2.21. The molecule has 0 fully saturated rings. The highest BCUT2D eigenvalue weighted by molar-refractivity contribution is 6.03. The van der Waals surface area contributed by atoms with E-state index in [1.54, 1.807) is 6.07 Å². The molecule has 132 valence electrons. The number of nitrogens with zero attached hydrogens (tertiary/aromatic N) is 2. The first-order chi connectivity index (χ1) is 12.6. The molecule has 3 aromatic rings. The zero-order valence-electron chi connectivity index (χ0n) is 14.0. The van der Waals surface area contributed by atoms with Gasteiger partial charge in [0.15, 0.2) is 0 Å². The summed E-state index contributed by atoms with van der Waals surface area (Å²) in [5.41, 5.74) is 1.38. The summed E-state index contributed by atoms with van der Waals surface area (Å²) in [6.07, 6.45) is 2.11. The van der Waals surface area contributed by atoms with E-state index in [2.05, 4.69) is 20.6 Å². The third kappa shape index (κ3) is 3.83. The molecule has 0 unspecified atom stereocenters. The van der Waals surface area contributed by atoms with E-state index in [-0.39, 0.29) is 17.3 Å². The van der Waals surface area contributed by atoms with Crippen molar-refractivity contribution in [3.63, 3.8) is 0 Å². The van der Waals surface area contributed by atoms with Gasteiger partial charge in [0, 0.05) is 11.9 Å². The minimum absolute atomic E-state index is 0.0742. The fraction of sp³-hybridized carbons (Fsp3) is 0.105. The summed E-state index contributed by atoms with van der Waals surface area (Å²) in [5, 5.41) is 5.26. The van der Waals surface area contributed by atoms with Gasteiger partial charge in [-0.05, 0) is 36.2 Å². The van der Waals surface area contributed by atoms with Crippen molar-refractivity contribution in [3.05, 3.63) is 77.6 Å². The number of rotatable bonds is 5. The first kappa shape index (κ1) is 17.5. The molecular formula is C19H16F2N4O. The maximum atomic E-state index is 13.7. The number of benzene rings is 2. The van der Waals surface area contributed by atoms with Crippen molar-refractivity contribution in [2.75, 3.05) is 10.6 Å². The van der Waals surface area contributed by atoms with Gasteiger partial charge >= 0.3 is 0 Å². The van der Waals surface area contributed by atoms with Gasteiger partial charge in [0.2, 0.25) is 5.95 Å². The summed E-state index contributed by atoms with van der Waals surface area (Å²) in [7, 11) is 0. The first-order valence-corrected chi connectivity index (χ1v) is 8.02. The Kier molecular flexibility index (Phi) is 5.17. The van der Waals surface area contributed by atoms with Crippen LogP contribution in [0.5, 0.6) is 0 Å². The van der Waals surface area contributed by atoms with Crippen LogP contribution in [0.3, 0.4) is 0 Å². The molecule has 0 bridgehead atoms. The molecule has 0 aliphatic heterocycles. The smallest absolute Gasteiger partial charge is 0.274 e. The second-order valence-corrected chi connectivity index (χ2v) is 5.45. The van der Waals surface area contributed by atoms with Crippen molar-refractivity contribution in [3.8, 4) is 0 Å². The molecule has 5 nitrogen and oxygen atoms in total. The van der Waals surface area contributed by atoms with Gasteiger partial charge in [-0.15, -0.1) is 0 Å². The summed E-state index contributed by atoms with van der Waals surface area (Å²) < 4.78 is 27.5. The summed E-state index contributed by atoms with van der Waals surface area (Å²) in [4.78, 5) is 20.4. The van der Waals surface area contributed by atoms with Gasteiger partial charge in [0.1, 0.15) is 23.0 Å². The van der Waals surface area contributed by atoms with Crippen LogP contribution in [0.4, 0.5) is 26.1 Å². The van der Waals surface area contributed by atoms with E-state index in [0.29, 0.717) is 5.69 Å². The molecule has 0 aliphatic rings. The van der Waals surface area contributed by atoms with Crippen molar-refractivity contribution in [2.45, 2.75) is 13.3 Å². The summed E-state index contributed by atoms with van der Waals surface area (Å²) in [6, 6.07) is 12.3. The number of aryl methyl sites for hydroxylation is 1. The number of nitrogens with one attached hydrogen (secondary N) is 2. The highest BCUT2D eigenvalue weighted by Gasteiger charge is 2.13. The molecule has 0 saturated carbocycles. The number of amides is 1. The first-order valence-electron chi connectivity index (χ1n) is 8.02. The summed E-state index contributed by atoms with van der Waals surface area (Å²) in [6.45, 7) is 1.99. The standard InChI is InChI=1S/C19H16F2N4O/c1-2-12-6-3-4-9-15(12)23-18(26)16-10-11-22-19(24-16)25-17-13(20)7-5-8-14(17)21/h3-11H,2H2,1H3,(H,23,26)(H,22,24,25). The molecule has 0 aliphatic carbocycles. The van der Waals surface area contributed by atoms with Crippen LogP contribution in [-0.4, -0.2) is 15.9 Å². The molecule has 1 aromatic heterocycles. The van der Waals surface area contributed by atoms with Crippen molar-refractivity contribution >= 4 is 23.2 Å². The van der Waals surface area contributed by atoms with Gasteiger partial charge in [-0.1, -0.05) is 31.2 Å². The molecule has 7 heteroatoms. The number of hydrogen-bond donors (Lipinski definition) is 2. The van der Waals surface area contributed by atoms with Gasteiger partial charge in [-0.2, -0.15) is 0 Å². The van der Waals surface area contributed by atoms with Gasteiger partial charge < -0.3 is 10.6 Å². The van der Waals surface area contributed by atoms with Crippen LogP contribution in [0.25, 0.3) is 0 Å². The molecule has 0 radical (unpaired) electrons. The molecule has 3 rings (SSSR count). The topological polar surface area (TPSA) is 66.9 Å². The highest BCUT2D eigenvalue weighted by atomic mass is 19.1. The number of anilines is 3. The molecule has 0 spiro atoms. The van der Waals surface area contributed by atoms with Crippen molar-refractivity contribution in [1.82, 2.24) is 9.97 Å². The molecule has 0 saturated heterocycles. The van der Waals surface area contributed by atoms with Crippen LogP contribution >= 0.6 is 0 Å². The number of para-hydroxylation sites is 2. The normalized spacial score (nSPS) is 10.4. The number of carbonyl (C=O) groups is 1. The number of hydrogen-bond acceptors (Lipinski definition) is 4. The largest absolute Gasteiger partial charge is 0.320 e. The Morgan fingerprint density at radius 1 is 1.04 bits per heavy atom. The third-order valence-electron chi connectivity index (χ3n) is 3.73. The van der Waals surface area contributed by atoms with Crippen molar-refractivity contribution < 1.29 is 13.6 Å². The SMILES string of the molecule is CCc1ccccc1NC(=O)c1ccnc(Nc2c(F)cccc2F)n1. The predicted octanol–water partition coefficient (Wildman–Crippen LogP) is 4.31. The minimum atomic E-state index is -0.777. The third-order valence-corrected chi connectivity index (χ3v) is 3.73. The number of aromatic nitrogens is 2. The van der Waals surface area contributed by atoms with Crippen LogP contribution in [0.15, 0.2) is 54.7 Å². The fourth-order valence-corrected chi connectivity index (χ4v) is 2.41. The van der Waals surface area contributed by atoms with Crippen LogP contribution in [0.1, 0.15) is 23.0 Å². The quantitative estimate of drug-likeness (QED) is 0.716. The minimum Gasteiger partial charge on any atom is -0.320 e. The lowest BCUT2D eigenvalue weighted by Gasteiger charge is -2.10. The van der Waals surface area contributed by atoms with E-state index >= 15 is 0 Å². The van der Waals surface area contributed by atoms with Gasteiger partial charge in [-0.3, -0.25) is 4.79 Å². The van der Waals surface area contributed by atoms with Gasteiger partial charge in [0.05, 0.1) is 0 Å². The lowest BCUT2D eigenvalue weighted by Crippen LogP contribution is -2.16. The monoisotopic (exact) mass is 354 g/mol. The van der Waals surface area contributed by atoms with Crippen molar-refractivity contribution in [1.29, 1.82) is 0 Å². The molecule has 26 heavy (non-hydrogen) atoms. The average molecular weight is 354 g/mol. The Labute approximate surface area is 149 Å². The summed E-state index contributed by atoms with van der Waals surface area (Å²) >= 11 is 0. The van der Waals surface area contributed by atoms with E-state index in [1.807, 2.05) is 25.1 Å². The maximum Gasteiger partial charge on any atom is 0.274 e. The lowest BCUT2D eigenvalue weighted by molar-refractivity contribution is 0.102. The summed E-state index contributed by atoms with van der Waals surface area (Å²) in [5.74, 6) is -2.07. The van der Waals surface area contributed by atoms with Gasteiger partial charge in [-0.25, -0.2) is 18.7 Å². The zero-order chi connectivity index (χ0) is 18.5. The molecule has 1 heterocycles. The average Bonchev–Trinajstić information content (AvgIpc) is 2.65. The second-order valence-electron chi connectivity index (χ2n) is 5.45. The second kappa shape index (κ2) is 7.69. The Hall–Kier alpha value is -3.35.